The van der Waals surface area contributed by atoms with Crippen LogP contribution in [0.1, 0.15) is 41.5 Å². The van der Waals surface area contributed by atoms with Crippen LogP contribution in [0.2, 0.25) is 0 Å². The monoisotopic (exact) mass is 244 g/mol. The van der Waals surface area contributed by atoms with E-state index < -0.39 is 11.7 Å². The van der Waals surface area contributed by atoms with Gasteiger partial charge < -0.3 is 15.4 Å². The van der Waals surface area contributed by atoms with Crippen molar-refractivity contribution in [1.29, 1.82) is 0 Å². The van der Waals surface area contributed by atoms with E-state index in [-0.39, 0.29) is 24.4 Å². The maximum atomic E-state index is 11.4. The summed E-state index contributed by atoms with van der Waals surface area (Å²) in [6, 6.07) is 0. The predicted octanol–water partition coefficient (Wildman–Crippen LogP) is 1.47. The summed E-state index contributed by atoms with van der Waals surface area (Å²) in [6.07, 6.45) is -0.568. The Morgan fingerprint density at radius 2 is 1.53 bits per heavy atom. The Kier molecular flexibility index (Phi) is 5.61. The van der Waals surface area contributed by atoms with Gasteiger partial charge in [-0.3, -0.25) is 4.79 Å². The number of carbonyl (C=O) groups is 2. The summed E-state index contributed by atoms with van der Waals surface area (Å²) in [4.78, 5) is 22.7. The lowest BCUT2D eigenvalue weighted by Crippen LogP contribution is -2.43. The molecule has 0 saturated carbocycles. The van der Waals surface area contributed by atoms with E-state index in [0.29, 0.717) is 0 Å². The van der Waals surface area contributed by atoms with Crippen LogP contribution in [0, 0.1) is 0 Å². The Bertz CT molecular complexity index is 274. The Morgan fingerprint density at radius 1 is 1.00 bits per heavy atom. The molecular weight excluding hydrogens is 220 g/mol. The molecule has 0 rings (SSSR count). The van der Waals surface area contributed by atoms with Gasteiger partial charge in [0.1, 0.15) is 5.60 Å². The molecule has 0 aliphatic carbocycles. The maximum absolute atomic E-state index is 11.4. The number of ether oxygens (including phenoxy) is 1. The van der Waals surface area contributed by atoms with Crippen LogP contribution in [-0.2, 0) is 9.53 Å². The van der Waals surface area contributed by atoms with Gasteiger partial charge in [-0.25, -0.2) is 4.79 Å². The minimum Gasteiger partial charge on any atom is -0.444 e. The van der Waals surface area contributed by atoms with Crippen LogP contribution >= 0.6 is 0 Å². The first-order valence-electron chi connectivity index (χ1n) is 5.73. The molecule has 0 aromatic rings. The van der Waals surface area contributed by atoms with E-state index in [1.807, 2.05) is 20.8 Å². The van der Waals surface area contributed by atoms with Crippen LogP contribution < -0.4 is 10.6 Å². The van der Waals surface area contributed by atoms with Crippen molar-refractivity contribution < 1.29 is 14.3 Å². The van der Waals surface area contributed by atoms with Gasteiger partial charge in [-0.2, -0.15) is 0 Å². The fourth-order valence-electron chi connectivity index (χ4n) is 0.911. The van der Waals surface area contributed by atoms with Crippen LogP contribution in [0.3, 0.4) is 0 Å². The van der Waals surface area contributed by atoms with Gasteiger partial charge in [0.25, 0.3) is 0 Å². The van der Waals surface area contributed by atoms with Crippen molar-refractivity contribution in [2.45, 2.75) is 52.7 Å². The third-order valence-corrected chi connectivity index (χ3v) is 1.64. The summed E-state index contributed by atoms with van der Waals surface area (Å²) in [5, 5.41) is 5.48. The zero-order chi connectivity index (χ0) is 13.7. The fraction of sp³-hybridized carbons (Fsp3) is 0.833. The predicted molar refractivity (Wildman–Crippen MR) is 67.0 cm³/mol. The van der Waals surface area contributed by atoms with Crippen LogP contribution in [0.15, 0.2) is 0 Å². The topological polar surface area (TPSA) is 67.4 Å². The molecule has 0 atom stereocenters. The summed E-state index contributed by atoms with van der Waals surface area (Å²) in [7, 11) is 0. The van der Waals surface area contributed by atoms with Gasteiger partial charge in [0.2, 0.25) is 0 Å². The summed E-state index contributed by atoms with van der Waals surface area (Å²) in [6.45, 7) is 11.5. The van der Waals surface area contributed by atoms with Gasteiger partial charge in [-0.15, -0.1) is 0 Å². The number of hydrogen-bond donors (Lipinski definition) is 2. The van der Waals surface area contributed by atoms with E-state index in [2.05, 4.69) is 10.6 Å². The van der Waals surface area contributed by atoms with E-state index in [9.17, 15) is 9.59 Å². The molecule has 0 spiro atoms. The molecule has 5 nitrogen and oxygen atoms in total. The van der Waals surface area contributed by atoms with Crippen LogP contribution in [0.25, 0.3) is 0 Å². The number of hydrogen-bond acceptors (Lipinski definition) is 4. The Morgan fingerprint density at radius 3 is 1.94 bits per heavy atom. The van der Waals surface area contributed by atoms with Gasteiger partial charge in [0.15, 0.2) is 5.78 Å². The first-order chi connectivity index (χ1) is 7.49. The number of carbonyl (C=O) groups excluding carboxylic acids is 2. The second-order valence-corrected chi connectivity index (χ2v) is 6.00. The number of Topliss-reactive ketones (excluding diaryl/α,β-unsaturated/α-hetero) is 1. The maximum Gasteiger partial charge on any atom is 0.408 e. The van der Waals surface area contributed by atoms with Gasteiger partial charge in [0.05, 0.1) is 13.1 Å². The standard InChI is InChI=1S/C12H24N2O3/c1-11(2,3)14-8-9(15)7-13-10(16)17-12(4,5)6/h14H,7-8H2,1-6H3,(H,13,16). The molecule has 2 N–H and O–H groups in total. The summed E-state index contributed by atoms with van der Waals surface area (Å²) < 4.78 is 5.01. The number of ketones is 1. The van der Waals surface area contributed by atoms with Gasteiger partial charge in [0, 0.05) is 5.54 Å². The number of amides is 1. The molecule has 5 heteroatoms. The Labute approximate surface area is 103 Å². The molecule has 100 valence electrons. The highest BCUT2D eigenvalue weighted by Gasteiger charge is 2.17. The Hall–Kier alpha value is -1.10. The molecule has 0 aromatic carbocycles. The van der Waals surface area contributed by atoms with Crippen molar-refractivity contribution in [3.05, 3.63) is 0 Å². The first kappa shape index (κ1) is 15.9. The van der Waals surface area contributed by atoms with Crippen molar-refractivity contribution >= 4 is 11.9 Å². The molecule has 17 heavy (non-hydrogen) atoms. The van der Waals surface area contributed by atoms with Crippen molar-refractivity contribution in [3.63, 3.8) is 0 Å². The zero-order valence-corrected chi connectivity index (χ0v) is 11.6. The van der Waals surface area contributed by atoms with Gasteiger partial charge >= 0.3 is 6.09 Å². The van der Waals surface area contributed by atoms with Gasteiger partial charge in [-0.05, 0) is 41.5 Å². The lowest BCUT2D eigenvalue weighted by Gasteiger charge is -2.21. The Balaban J connectivity index is 3.82. The summed E-state index contributed by atoms with van der Waals surface area (Å²) in [5.41, 5.74) is -0.654. The zero-order valence-electron chi connectivity index (χ0n) is 11.6. The second-order valence-electron chi connectivity index (χ2n) is 6.00. The molecule has 0 aliphatic heterocycles. The van der Waals surface area contributed by atoms with Crippen LogP contribution in [-0.4, -0.2) is 36.1 Å². The highest BCUT2D eigenvalue weighted by atomic mass is 16.6. The summed E-state index contributed by atoms with van der Waals surface area (Å²) >= 11 is 0. The van der Waals surface area contributed by atoms with Gasteiger partial charge in [-0.1, -0.05) is 0 Å². The fourth-order valence-corrected chi connectivity index (χ4v) is 0.911. The largest absolute Gasteiger partial charge is 0.444 e. The molecular formula is C12H24N2O3. The highest BCUT2D eigenvalue weighted by molar-refractivity contribution is 5.85. The normalized spacial score (nSPS) is 12.1. The lowest BCUT2D eigenvalue weighted by atomic mass is 10.1. The molecule has 0 fully saturated rings. The lowest BCUT2D eigenvalue weighted by molar-refractivity contribution is -0.117. The van der Waals surface area contributed by atoms with E-state index >= 15 is 0 Å². The SMILES string of the molecule is CC(C)(C)NCC(=O)CNC(=O)OC(C)(C)C. The van der Waals surface area contributed by atoms with Crippen LogP contribution in [0.4, 0.5) is 4.79 Å². The van der Waals surface area contributed by atoms with Crippen molar-refractivity contribution in [1.82, 2.24) is 10.6 Å². The number of alkyl carbamates (subject to hydrolysis) is 1. The van der Waals surface area contributed by atoms with Crippen molar-refractivity contribution in [2.24, 2.45) is 0 Å². The molecule has 0 heterocycles. The second kappa shape index (κ2) is 6.00. The molecule has 0 saturated heterocycles. The average Bonchev–Trinajstić information content (AvgIpc) is 2.07. The molecule has 0 aliphatic rings. The molecule has 0 radical (unpaired) electrons. The third kappa shape index (κ3) is 11.2. The first-order valence-corrected chi connectivity index (χ1v) is 5.73. The average molecular weight is 244 g/mol. The number of rotatable bonds is 4. The quantitative estimate of drug-likeness (QED) is 0.786. The minimum absolute atomic E-state index is 0.0159. The van der Waals surface area contributed by atoms with E-state index in [1.165, 1.54) is 0 Å². The third-order valence-electron chi connectivity index (χ3n) is 1.64. The van der Waals surface area contributed by atoms with E-state index in [1.54, 1.807) is 20.8 Å². The molecule has 1 amide bonds. The van der Waals surface area contributed by atoms with E-state index in [0.717, 1.165) is 0 Å². The van der Waals surface area contributed by atoms with Crippen molar-refractivity contribution in [3.8, 4) is 0 Å². The van der Waals surface area contributed by atoms with Crippen molar-refractivity contribution in [2.75, 3.05) is 13.1 Å². The minimum atomic E-state index is -0.568. The molecule has 0 aromatic heterocycles. The van der Waals surface area contributed by atoms with E-state index in [4.69, 9.17) is 4.74 Å². The molecule has 0 bridgehead atoms. The van der Waals surface area contributed by atoms with Crippen LogP contribution in [0.5, 0.6) is 0 Å². The number of nitrogens with one attached hydrogen (secondary N) is 2. The molecule has 0 unspecified atom stereocenters. The smallest absolute Gasteiger partial charge is 0.408 e. The highest BCUT2D eigenvalue weighted by Crippen LogP contribution is 2.06. The summed E-state index contributed by atoms with van der Waals surface area (Å²) in [5.74, 6) is -0.0780.